The second-order valence-electron chi connectivity index (χ2n) is 3.52. The van der Waals surface area contributed by atoms with E-state index < -0.39 is 6.10 Å². The van der Waals surface area contributed by atoms with Crippen molar-refractivity contribution in [1.29, 1.82) is 0 Å². The monoisotopic (exact) mass is 270 g/mol. The zero-order chi connectivity index (χ0) is 12.4. The number of hydrogen-bond acceptors (Lipinski definition) is 5. The molecule has 6 heteroatoms. The van der Waals surface area contributed by atoms with Crippen molar-refractivity contribution in [2.75, 3.05) is 0 Å². The number of rotatable bonds is 3. The molecule has 0 aliphatic carbocycles. The first-order valence-corrected chi connectivity index (χ1v) is 6.65. The first-order valence-electron chi connectivity index (χ1n) is 5.02. The summed E-state index contributed by atoms with van der Waals surface area (Å²) in [4.78, 5) is 0.415. The van der Waals surface area contributed by atoms with Gasteiger partial charge in [-0.2, -0.15) is 0 Å². The lowest BCUT2D eigenvalue weighted by atomic mass is 10.1. The SMILES string of the molecule is Cc1nnc(Sc2c(F)cccc2[C@@H](C)O)s1. The zero-order valence-corrected chi connectivity index (χ0v) is 11.0. The summed E-state index contributed by atoms with van der Waals surface area (Å²) in [7, 11) is 0. The van der Waals surface area contributed by atoms with E-state index in [1.54, 1.807) is 19.1 Å². The average molecular weight is 270 g/mol. The average Bonchev–Trinajstić information content (AvgIpc) is 2.67. The van der Waals surface area contributed by atoms with E-state index in [4.69, 9.17) is 0 Å². The molecule has 0 amide bonds. The summed E-state index contributed by atoms with van der Waals surface area (Å²) in [5.41, 5.74) is 0.572. The quantitative estimate of drug-likeness (QED) is 0.930. The minimum atomic E-state index is -0.706. The molecule has 1 atom stereocenters. The van der Waals surface area contributed by atoms with E-state index in [1.807, 2.05) is 6.92 Å². The van der Waals surface area contributed by atoms with E-state index >= 15 is 0 Å². The van der Waals surface area contributed by atoms with Crippen molar-refractivity contribution in [3.63, 3.8) is 0 Å². The van der Waals surface area contributed by atoms with Crippen molar-refractivity contribution in [2.45, 2.75) is 29.2 Å². The van der Waals surface area contributed by atoms with Gasteiger partial charge in [-0.3, -0.25) is 0 Å². The lowest BCUT2D eigenvalue weighted by Crippen LogP contribution is -1.96. The summed E-state index contributed by atoms with van der Waals surface area (Å²) in [6, 6.07) is 4.68. The van der Waals surface area contributed by atoms with Crippen LogP contribution in [0.2, 0.25) is 0 Å². The third kappa shape index (κ3) is 2.83. The van der Waals surface area contributed by atoms with Gasteiger partial charge in [-0.25, -0.2) is 4.39 Å². The molecule has 1 aromatic heterocycles. The highest BCUT2D eigenvalue weighted by Crippen LogP contribution is 2.36. The Hall–Kier alpha value is -0.980. The number of benzene rings is 1. The topological polar surface area (TPSA) is 46.0 Å². The molecule has 0 saturated heterocycles. The first-order chi connectivity index (χ1) is 8.08. The molecule has 1 heterocycles. The molecule has 1 N–H and O–H groups in total. The number of aromatic nitrogens is 2. The van der Waals surface area contributed by atoms with Gasteiger partial charge in [0.15, 0.2) is 4.34 Å². The normalized spacial score (nSPS) is 12.7. The highest BCUT2D eigenvalue weighted by molar-refractivity contribution is 8.01. The Balaban J connectivity index is 2.37. The van der Waals surface area contributed by atoms with Crippen LogP contribution in [0, 0.1) is 12.7 Å². The second kappa shape index (κ2) is 5.12. The van der Waals surface area contributed by atoms with Crippen LogP contribution in [0.3, 0.4) is 0 Å². The number of aryl methyl sites for hydroxylation is 1. The summed E-state index contributed by atoms with van der Waals surface area (Å²) in [6.07, 6.45) is -0.706. The third-order valence-corrected chi connectivity index (χ3v) is 4.17. The van der Waals surface area contributed by atoms with Crippen LogP contribution in [0.5, 0.6) is 0 Å². The fourth-order valence-electron chi connectivity index (χ4n) is 1.37. The lowest BCUT2D eigenvalue weighted by Gasteiger charge is -2.10. The second-order valence-corrected chi connectivity index (χ2v) is 5.96. The summed E-state index contributed by atoms with van der Waals surface area (Å²) < 4.78 is 14.4. The zero-order valence-electron chi connectivity index (χ0n) is 9.35. The molecule has 1 aromatic carbocycles. The summed E-state index contributed by atoms with van der Waals surface area (Å²) in [6.45, 7) is 3.46. The number of aliphatic hydroxyl groups is 1. The van der Waals surface area contributed by atoms with Gasteiger partial charge in [0.1, 0.15) is 10.8 Å². The molecule has 2 aromatic rings. The number of nitrogens with zero attached hydrogens (tertiary/aromatic N) is 2. The van der Waals surface area contributed by atoms with E-state index in [9.17, 15) is 9.50 Å². The summed E-state index contributed by atoms with van der Waals surface area (Å²) in [5.74, 6) is -0.346. The van der Waals surface area contributed by atoms with Crippen LogP contribution in [0.25, 0.3) is 0 Å². The highest BCUT2D eigenvalue weighted by Gasteiger charge is 2.15. The van der Waals surface area contributed by atoms with Crippen molar-refractivity contribution >= 4 is 23.1 Å². The summed E-state index contributed by atoms with van der Waals surface area (Å²) in [5, 5.41) is 18.3. The maximum Gasteiger partial charge on any atom is 0.179 e. The van der Waals surface area contributed by atoms with Crippen molar-refractivity contribution in [3.05, 3.63) is 34.6 Å². The van der Waals surface area contributed by atoms with Gasteiger partial charge in [0.2, 0.25) is 0 Å². The van der Waals surface area contributed by atoms with E-state index in [0.29, 0.717) is 14.8 Å². The molecule has 17 heavy (non-hydrogen) atoms. The highest BCUT2D eigenvalue weighted by atomic mass is 32.2. The van der Waals surface area contributed by atoms with E-state index in [2.05, 4.69) is 10.2 Å². The Bertz CT molecular complexity index is 528. The number of halogens is 1. The van der Waals surface area contributed by atoms with Crippen LogP contribution < -0.4 is 0 Å². The Morgan fingerprint density at radius 3 is 2.76 bits per heavy atom. The van der Waals surface area contributed by atoms with Gasteiger partial charge >= 0.3 is 0 Å². The molecule has 0 saturated carbocycles. The van der Waals surface area contributed by atoms with E-state index in [0.717, 1.165) is 5.01 Å². The van der Waals surface area contributed by atoms with Crippen LogP contribution in [0.4, 0.5) is 4.39 Å². The van der Waals surface area contributed by atoms with Crippen molar-refractivity contribution in [1.82, 2.24) is 10.2 Å². The smallest absolute Gasteiger partial charge is 0.179 e. The van der Waals surface area contributed by atoms with Crippen molar-refractivity contribution in [3.8, 4) is 0 Å². The van der Waals surface area contributed by atoms with Crippen molar-refractivity contribution < 1.29 is 9.50 Å². The molecule has 0 unspecified atom stereocenters. The van der Waals surface area contributed by atoms with E-state index in [-0.39, 0.29) is 5.82 Å². The molecular formula is C11H11FN2OS2. The molecule has 2 rings (SSSR count). The fraction of sp³-hybridized carbons (Fsp3) is 0.273. The number of aliphatic hydroxyl groups excluding tert-OH is 1. The van der Waals surface area contributed by atoms with Crippen LogP contribution in [-0.2, 0) is 0 Å². The van der Waals surface area contributed by atoms with Gasteiger partial charge < -0.3 is 5.11 Å². The number of hydrogen-bond donors (Lipinski definition) is 1. The lowest BCUT2D eigenvalue weighted by molar-refractivity contribution is 0.195. The summed E-state index contributed by atoms with van der Waals surface area (Å²) >= 11 is 2.60. The Morgan fingerprint density at radius 2 is 2.18 bits per heavy atom. The van der Waals surface area contributed by atoms with Gasteiger partial charge in [-0.05, 0) is 25.5 Å². The predicted octanol–water partition coefficient (Wildman–Crippen LogP) is 3.19. The Labute approximate surface area is 107 Å². The molecule has 3 nitrogen and oxygen atoms in total. The molecule has 0 bridgehead atoms. The first kappa shape index (κ1) is 12.5. The standard InChI is InChI=1S/C11H11FN2OS2/c1-6(15)8-4-3-5-9(12)10(8)17-11-14-13-7(2)16-11/h3-6,15H,1-2H3/t6-/m1/s1. The van der Waals surface area contributed by atoms with Crippen molar-refractivity contribution in [2.24, 2.45) is 0 Å². The van der Waals surface area contributed by atoms with Gasteiger partial charge in [-0.15, -0.1) is 10.2 Å². The maximum absolute atomic E-state index is 13.7. The Morgan fingerprint density at radius 1 is 1.41 bits per heavy atom. The molecule has 0 fully saturated rings. The van der Waals surface area contributed by atoms with Gasteiger partial charge in [0.25, 0.3) is 0 Å². The molecule has 0 aliphatic rings. The molecule has 0 radical (unpaired) electrons. The fourth-order valence-corrected chi connectivity index (χ4v) is 3.34. The van der Waals surface area contributed by atoms with Crippen LogP contribution in [0.15, 0.2) is 27.4 Å². The molecule has 0 aliphatic heterocycles. The van der Waals surface area contributed by atoms with E-state index in [1.165, 1.54) is 29.2 Å². The minimum absolute atomic E-state index is 0.346. The van der Waals surface area contributed by atoms with Gasteiger partial charge in [0, 0.05) is 0 Å². The predicted molar refractivity (Wildman–Crippen MR) is 65.8 cm³/mol. The van der Waals surface area contributed by atoms with Crippen LogP contribution >= 0.6 is 23.1 Å². The van der Waals surface area contributed by atoms with Crippen LogP contribution in [0.1, 0.15) is 23.6 Å². The molecule has 90 valence electrons. The third-order valence-electron chi connectivity index (χ3n) is 2.14. The largest absolute Gasteiger partial charge is 0.389 e. The van der Waals surface area contributed by atoms with Crippen LogP contribution in [-0.4, -0.2) is 15.3 Å². The maximum atomic E-state index is 13.7. The Kier molecular flexibility index (Phi) is 3.76. The van der Waals surface area contributed by atoms with Gasteiger partial charge in [-0.1, -0.05) is 35.2 Å². The minimum Gasteiger partial charge on any atom is -0.389 e. The van der Waals surface area contributed by atoms with Gasteiger partial charge in [0.05, 0.1) is 11.0 Å². The molecular weight excluding hydrogens is 259 g/mol. The molecule has 0 spiro atoms.